The fourth-order valence-corrected chi connectivity index (χ4v) is 2.88. The summed E-state index contributed by atoms with van der Waals surface area (Å²) in [5.41, 5.74) is 2.61. The highest BCUT2D eigenvalue weighted by Gasteiger charge is 2.19. The fraction of sp³-hybridized carbons (Fsp3) is 0.462. The van der Waals surface area contributed by atoms with Crippen molar-refractivity contribution in [2.75, 3.05) is 31.1 Å². The first-order valence-electron chi connectivity index (χ1n) is 5.84. The molecule has 0 spiro atoms. The molecule has 0 saturated carbocycles. The molecule has 2 rings (SSSR count). The van der Waals surface area contributed by atoms with E-state index in [1.807, 2.05) is 4.90 Å². The molecule has 1 aromatic rings. The summed E-state index contributed by atoms with van der Waals surface area (Å²) in [6, 6.07) is 6.52. The third kappa shape index (κ3) is 2.91. The summed E-state index contributed by atoms with van der Waals surface area (Å²) in [5, 5.41) is 0. The topological polar surface area (TPSA) is 23.6 Å². The molecule has 0 aliphatic carbocycles. The lowest BCUT2D eigenvalue weighted by Crippen LogP contribution is -2.48. The average Bonchev–Trinajstić information content (AvgIpc) is 2.29. The van der Waals surface area contributed by atoms with Gasteiger partial charge in [-0.05, 0) is 53.3 Å². The average molecular weight is 344 g/mol. The van der Waals surface area contributed by atoms with Gasteiger partial charge < -0.3 is 9.80 Å². The van der Waals surface area contributed by atoms with Crippen molar-refractivity contribution in [3.05, 3.63) is 27.3 Å². The second kappa shape index (κ2) is 5.25. The molecule has 0 unspecified atom stereocenters. The number of nitrogens with zero attached hydrogens (tertiary/aromatic N) is 2. The molecule has 1 saturated heterocycles. The highest BCUT2D eigenvalue weighted by Crippen LogP contribution is 2.23. The summed E-state index contributed by atoms with van der Waals surface area (Å²) in [4.78, 5) is 15.5. The molecule has 0 aromatic heterocycles. The van der Waals surface area contributed by atoms with E-state index in [1.165, 1.54) is 14.8 Å². The number of anilines is 1. The highest BCUT2D eigenvalue weighted by atomic mass is 127. The molecular formula is C13H17IN2O. The van der Waals surface area contributed by atoms with Crippen LogP contribution in [0, 0.1) is 10.5 Å². The Morgan fingerprint density at radius 3 is 2.41 bits per heavy atom. The normalized spacial score (nSPS) is 16.2. The molecule has 1 aliphatic heterocycles. The Kier molecular flexibility index (Phi) is 3.91. The van der Waals surface area contributed by atoms with Crippen LogP contribution in [0.2, 0.25) is 0 Å². The van der Waals surface area contributed by atoms with E-state index in [2.05, 4.69) is 52.6 Å². The van der Waals surface area contributed by atoms with Crippen LogP contribution in [0.3, 0.4) is 0 Å². The summed E-state index contributed by atoms with van der Waals surface area (Å²) in [7, 11) is 0. The van der Waals surface area contributed by atoms with Gasteiger partial charge in [0.15, 0.2) is 0 Å². The molecule has 92 valence electrons. The number of benzene rings is 1. The van der Waals surface area contributed by atoms with Crippen molar-refractivity contribution < 1.29 is 4.79 Å². The molecule has 0 radical (unpaired) electrons. The van der Waals surface area contributed by atoms with Crippen LogP contribution in [0.15, 0.2) is 18.2 Å². The first kappa shape index (κ1) is 12.7. The molecule has 1 heterocycles. The third-order valence-electron chi connectivity index (χ3n) is 3.22. The van der Waals surface area contributed by atoms with Crippen LogP contribution in [-0.4, -0.2) is 37.0 Å². The Labute approximate surface area is 116 Å². The van der Waals surface area contributed by atoms with Crippen LogP contribution < -0.4 is 4.90 Å². The minimum atomic E-state index is 0.184. The Morgan fingerprint density at radius 2 is 1.88 bits per heavy atom. The van der Waals surface area contributed by atoms with Crippen LogP contribution in [-0.2, 0) is 4.79 Å². The molecule has 4 heteroatoms. The van der Waals surface area contributed by atoms with Gasteiger partial charge in [0.05, 0.1) is 0 Å². The Hall–Kier alpha value is -0.780. The number of carbonyl (C=O) groups excluding carboxylic acids is 1. The largest absolute Gasteiger partial charge is 0.368 e. The van der Waals surface area contributed by atoms with Gasteiger partial charge in [0.1, 0.15) is 0 Å². The quantitative estimate of drug-likeness (QED) is 0.730. The molecule has 1 fully saturated rings. The second-order valence-corrected chi connectivity index (χ2v) is 5.67. The maximum atomic E-state index is 11.3. The van der Waals surface area contributed by atoms with Crippen molar-refractivity contribution in [3.63, 3.8) is 0 Å². The van der Waals surface area contributed by atoms with Crippen molar-refractivity contribution in [1.29, 1.82) is 0 Å². The predicted octanol–water partition coefficient (Wildman–Crippen LogP) is 2.27. The van der Waals surface area contributed by atoms with Crippen LogP contribution in [0.25, 0.3) is 0 Å². The van der Waals surface area contributed by atoms with Gasteiger partial charge >= 0.3 is 0 Å². The number of rotatable bonds is 1. The van der Waals surface area contributed by atoms with Crippen LogP contribution >= 0.6 is 22.6 Å². The molecule has 1 aliphatic rings. The van der Waals surface area contributed by atoms with Gasteiger partial charge in [0.25, 0.3) is 0 Å². The minimum Gasteiger partial charge on any atom is -0.368 e. The number of hydrogen-bond acceptors (Lipinski definition) is 2. The van der Waals surface area contributed by atoms with E-state index < -0.39 is 0 Å². The number of piperazine rings is 1. The lowest BCUT2D eigenvalue weighted by atomic mass is 10.1. The lowest BCUT2D eigenvalue weighted by molar-refractivity contribution is -0.129. The van der Waals surface area contributed by atoms with Gasteiger partial charge in [-0.1, -0.05) is 0 Å². The van der Waals surface area contributed by atoms with Crippen molar-refractivity contribution in [3.8, 4) is 0 Å². The zero-order chi connectivity index (χ0) is 12.4. The van der Waals surface area contributed by atoms with Crippen molar-refractivity contribution in [2.45, 2.75) is 13.8 Å². The van der Waals surface area contributed by atoms with Crippen molar-refractivity contribution >= 4 is 34.2 Å². The molecular weight excluding hydrogens is 327 g/mol. The lowest BCUT2D eigenvalue weighted by Gasteiger charge is -2.36. The van der Waals surface area contributed by atoms with Gasteiger partial charge in [-0.25, -0.2) is 0 Å². The first-order valence-corrected chi connectivity index (χ1v) is 6.92. The Morgan fingerprint density at radius 1 is 1.24 bits per heavy atom. The first-order chi connectivity index (χ1) is 8.08. The van der Waals surface area contributed by atoms with E-state index in [0.717, 1.165) is 26.2 Å². The monoisotopic (exact) mass is 344 g/mol. The standard InChI is InChI=1S/C13H17IN2O/c1-10-9-12(14)3-4-13(10)16-7-5-15(6-8-16)11(2)17/h3-4,9H,5-8H2,1-2H3. The minimum absolute atomic E-state index is 0.184. The second-order valence-electron chi connectivity index (χ2n) is 4.42. The third-order valence-corrected chi connectivity index (χ3v) is 3.90. The number of amides is 1. The Bertz CT molecular complexity index is 425. The van der Waals surface area contributed by atoms with Gasteiger partial charge in [-0.15, -0.1) is 0 Å². The molecule has 1 amide bonds. The summed E-state index contributed by atoms with van der Waals surface area (Å²) >= 11 is 2.33. The fourth-order valence-electron chi connectivity index (χ4n) is 2.24. The summed E-state index contributed by atoms with van der Waals surface area (Å²) in [5.74, 6) is 0.184. The number of halogens is 1. The van der Waals surface area contributed by atoms with Crippen molar-refractivity contribution in [2.24, 2.45) is 0 Å². The summed E-state index contributed by atoms with van der Waals surface area (Å²) in [6.45, 7) is 7.32. The highest BCUT2D eigenvalue weighted by molar-refractivity contribution is 14.1. The number of carbonyl (C=O) groups is 1. The molecule has 0 bridgehead atoms. The van der Waals surface area contributed by atoms with E-state index in [4.69, 9.17) is 0 Å². The van der Waals surface area contributed by atoms with E-state index in [9.17, 15) is 4.79 Å². The Balaban J connectivity index is 2.08. The van der Waals surface area contributed by atoms with E-state index in [0.29, 0.717) is 0 Å². The molecule has 17 heavy (non-hydrogen) atoms. The summed E-state index contributed by atoms with van der Waals surface area (Å²) in [6.07, 6.45) is 0. The zero-order valence-corrected chi connectivity index (χ0v) is 12.4. The van der Waals surface area contributed by atoms with E-state index >= 15 is 0 Å². The molecule has 0 atom stereocenters. The number of hydrogen-bond donors (Lipinski definition) is 0. The van der Waals surface area contributed by atoms with Crippen LogP contribution in [0.5, 0.6) is 0 Å². The van der Waals surface area contributed by atoms with E-state index in [-0.39, 0.29) is 5.91 Å². The SMILES string of the molecule is CC(=O)N1CCN(c2ccc(I)cc2C)CC1. The smallest absolute Gasteiger partial charge is 0.219 e. The van der Waals surface area contributed by atoms with Gasteiger partial charge in [0, 0.05) is 42.4 Å². The maximum absolute atomic E-state index is 11.3. The van der Waals surface area contributed by atoms with Crippen LogP contribution in [0.1, 0.15) is 12.5 Å². The predicted molar refractivity (Wildman–Crippen MR) is 78.4 cm³/mol. The molecule has 3 nitrogen and oxygen atoms in total. The summed E-state index contributed by atoms with van der Waals surface area (Å²) < 4.78 is 1.27. The van der Waals surface area contributed by atoms with E-state index in [1.54, 1.807) is 6.92 Å². The van der Waals surface area contributed by atoms with Gasteiger partial charge in [-0.3, -0.25) is 4.79 Å². The zero-order valence-electron chi connectivity index (χ0n) is 10.2. The molecule has 0 N–H and O–H groups in total. The van der Waals surface area contributed by atoms with Gasteiger partial charge in [0.2, 0.25) is 5.91 Å². The van der Waals surface area contributed by atoms with Crippen molar-refractivity contribution in [1.82, 2.24) is 4.90 Å². The van der Waals surface area contributed by atoms with Gasteiger partial charge in [-0.2, -0.15) is 0 Å². The number of aryl methyl sites for hydroxylation is 1. The van der Waals surface area contributed by atoms with Crippen LogP contribution in [0.4, 0.5) is 5.69 Å². The maximum Gasteiger partial charge on any atom is 0.219 e. The molecule has 1 aromatic carbocycles.